The number of nitrogens with one attached hydrogen (secondary N) is 1. The minimum Gasteiger partial charge on any atom is -0.456 e. The number of rotatable bonds is 4. The summed E-state index contributed by atoms with van der Waals surface area (Å²) in [4.78, 5) is 23.2. The Morgan fingerprint density at radius 1 is 1.20 bits per heavy atom. The first-order chi connectivity index (χ1) is 9.26. The second kappa shape index (κ2) is 6.92. The molecule has 116 valence electrons. The molecule has 1 saturated carbocycles. The molecule has 3 N–H and O–H groups in total. The van der Waals surface area contributed by atoms with Crippen LogP contribution in [0.25, 0.3) is 0 Å². The average molecular weight is 286 g/mol. The van der Waals surface area contributed by atoms with E-state index in [1.165, 1.54) is 0 Å². The average Bonchev–Trinajstić information content (AvgIpc) is 2.35. The van der Waals surface area contributed by atoms with Gasteiger partial charge in [0.15, 0.2) is 0 Å². The van der Waals surface area contributed by atoms with E-state index in [2.05, 4.69) is 5.32 Å². The van der Waals surface area contributed by atoms with Crippen molar-refractivity contribution < 1.29 is 19.1 Å². The highest BCUT2D eigenvalue weighted by atomic mass is 16.6. The van der Waals surface area contributed by atoms with Gasteiger partial charge in [-0.15, -0.1) is 0 Å². The van der Waals surface area contributed by atoms with Crippen LogP contribution in [0.3, 0.4) is 0 Å². The van der Waals surface area contributed by atoms with Gasteiger partial charge in [0.2, 0.25) is 0 Å². The van der Waals surface area contributed by atoms with Gasteiger partial charge in [-0.05, 0) is 46.5 Å². The molecule has 0 bridgehead atoms. The Hall–Kier alpha value is -1.30. The first-order valence-electron chi connectivity index (χ1n) is 7.15. The summed E-state index contributed by atoms with van der Waals surface area (Å²) in [5.74, 6) is -0.433. The monoisotopic (exact) mass is 286 g/mol. The SMILES string of the molecule is CC(C)(C)OC(=O)NCC1(OC(=O)CN)CCCCC1. The van der Waals surface area contributed by atoms with Gasteiger partial charge in [-0.2, -0.15) is 0 Å². The predicted octanol–water partition coefficient (Wildman–Crippen LogP) is 1.72. The molecule has 1 amide bonds. The Balaban J connectivity index is 2.57. The maximum atomic E-state index is 11.7. The van der Waals surface area contributed by atoms with Crippen molar-refractivity contribution in [1.29, 1.82) is 0 Å². The van der Waals surface area contributed by atoms with Crippen molar-refractivity contribution in [3.8, 4) is 0 Å². The van der Waals surface area contributed by atoms with Crippen LogP contribution in [-0.2, 0) is 14.3 Å². The number of carbonyl (C=O) groups excluding carboxylic acids is 2. The summed E-state index contributed by atoms with van der Waals surface area (Å²) in [7, 11) is 0. The minimum atomic E-state index is -0.633. The Labute approximate surface area is 120 Å². The van der Waals surface area contributed by atoms with Gasteiger partial charge in [0.25, 0.3) is 0 Å². The lowest BCUT2D eigenvalue weighted by atomic mass is 9.84. The molecule has 0 atom stereocenters. The summed E-state index contributed by atoms with van der Waals surface area (Å²) in [6.45, 7) is 5.54. The summed E-state index contributed by atoms with van der Waals surface area (Å²) in [6.07, 6.45) is 4.07. The molecule has 0 aromatic heterocycles. The number of ether oxygens (including phenoxy) is 2. The van der Waals surface area contributed by atoms with Gasteiger partial charge in [0, 0.05) is 0 Å². The molecule has 0 spiro atoms. The first kappa shape index (κ1) is 16.8. The molecule has 6 nitrogen and oxygen atoms in total. The van der Waals surface area contributed by atoms with E-state index in [4.69, 9.17) is 15.2 Å². The van der Waals surface area contributed by atoms with Crippen LogP contribution in [0, 0.1) is 0 Å². The minimum absolute atomic E-state index is 0.145. The van der Waals surface area contributed by atoms with Crippen molar-refractivity contribution in [3.05, 3.63) is 0 Å². The van der Waals surface area contributed by atoms with Gasteiger partial charge in [0.05, 0.1) is 13.1 Å². The van der Waals surface area contributed by atoms with Crippen LogP contribution in [-0.4, -0.2) is 36.4 Å². The number of nitrogens with two attached hydrogens (primary N) is 1. The highest BCUT2D eigenvalue weighted by molar-refractivity contribution is 5.72. The van der Waals surface area contributed by atoms with E-state index in [0.29, 0.717) is 0 Å². The third kappa shape index (κ3) is 5.77. The molecule has 0 aromatic rings. The molecule has 0 aromatic carbocycles. The molecule has 6 heteroatoms. The number of amides is 1. The highest BCUT2D eigenvalue weighted by Gasteiger charge is 2.36. The van der Waals surface area contributed by atoms with Crippen molar-refractivity contribution in [3.63, 3.8) is 0 Å². The third-order valence-corrected chi connectivity index (χ3v) is 3.22. The topological polar surface area (TPSA) is 90.6 Å². The van der Waals surface area contributed by atoms with Crippen molar-refractivity contribution in [2.45, 2.75) is 64.1 Å². The number of hydrogen-bond acceptors (Lipinski definition) is 5. The Bertz CT molecular complexity index is 344. The lowest BCUT2D eigenvalue weighted by molar-refractivity contribution is -0.161. The molecular formula is C14H26N2O4. The standard InChI is InChI=1S/C14H26N2O4/c1-13(2,3)20-12(18)16-10-14(19-11(17)9-15)7-5-4-6-8-14/h4-10,15H2,1-3H3,(H,16,18). The molecule has 0 radical (unpaired) electrons. The van der Waals surface area contributed by atoms with Crippen LogP contribution in [0.4, 0.5) is 4.79 Å². The smallest absolute Gasteiger partial charge is 0.407 e. The molecule has 0 unspecified atom stereocenters. The van der Waals surface area contributed by atoms with Gasteiger partial charge >= 0.3 is 12.1 Å². The van der Waals surface area contributed by atoms with Gasteiger partial charge in [-0.25, -0.2) is 4.79 Å². The van der Waals surface area contributed by atoms with E-state index in [9.17, 15) is 9.59 Å². The van der Waals surface area contributed by atoms with E-state index < -0.39 is 23.3 Å². The number of carbonyl (C=O) groups is 2. The van der Waals surface area contributed by atoms with Crippen LogP contribution in [0.5, 0.6) is 0 Å². The van der Waals surface area contributed by atoms with Crippen molar-refractivity contribution >= 4 is 12.1 Å². The Morgan fingerprint density at radius 2 is 1.80 bits per heavy atom. The van der Waals surface area contributed by atoms with Gasteiger partial charge < -0.3 is 20.5 Å². The molecule has 0 aliphatic heterocycles. The largest absolute Gasteiger partial charge is 0.456 e. The zero-order valence-corrected chi connectivity index (χ0v) is 12.7. The summed E-state index contributed by atoms with van der Waals surface area (Å²) in [6, 6.07) is 0. The lowest BCUT2D eigenvalue weighted by Gasteiger charge is -2.36. The van der Waals surface area contributed by atoms with E-state index in [0.717, 1.165) is 32.1 Å². The fraction of sp³-hybridized carbons (Fsp3) is 0.857. The zero-order chi connectivity index (χ0) is 15.2. The molecule has 1 fully saturated rings. The molecule has 0 heterocycles. The Morgan fingerprint density at radius 3 is 2.30 bits per heavy atom. The molecule has 20 heavy (non-hydrogen) atoms. The zero-order valence-electron chi connectivity index (χ0n) is 12.7. The van der Waals surface area contributed by atoms with Crippen molar-refractivity contribution in [2.24, 2.45) is 5.73 Å². The van der Waals surface area contributed by atoms with Crippen molar-refractivity contribution in [1.82, 2.24) is 5.32 Å². The number of hydrogen-bond donors (Lipinski definition) is 2. The molecule has 1 aliphatic rings. The third-order valence-electron chi connectivity index (χ3n) is 3.22. The molecule has 1 rings (SSSR count). The van der Waals surface area contributed by atoms with Crippen LogP contribution >= 0.6 is 0 Å². The first-order valence-corrected chi connectivity index (χ1v) is 7.15. The fourth-order valence-corrected chi connectivity index (χ4v) is 2.34. The van der Waals surface area contributed by atoms with E-state index >= 15 is 0 Å². The van der Waals surface area contributed by atoms with Crippen LogP contribution in [0.2, 0.25) is 0 Å². The van der Waals surface area contributed by atoms with E-state index in [-0.39, 0.29) is 13.1 Å². The molecule has 0 saturated heterocycles. The summed E-state index contributed by atoms with van der Waals surface area (Å²) >= 11 is 0. The predicted molar refractivity (Wildman–Crippen MR) is 75.2 cm³/mol. The van der Waals surface area contributed by atoms with E-state index in [1.807, 2.05) is 0 Å². The van der Waals surface area contributed by atoms with Gasteiger partial charge in [-0.1, -0.05) is 6.42 Å². The quantitative estimate of drug-likeness (QED) is 0.768. The van der Waals surface area contributed by atoms with Gasteiger partial charge in [0.1, 0.15) is 11.2 Å². The summed E-state index contributed by atoms with van der Waals surface area (Å²) < 4.78 is 10.7. The van der Waals surface area contributed by atoms with Crippen molar-refractivity contribution in [2.75, 3.05) is 13.1 Å². The fourth-order valence-electron chi connectivity index (χ4n) is 2.34. The second-order valence-electron chi connectivity index (χ2n) is 6.28. The maximum Gasteiger partial charge on any atom is 0.407 e. The molecule has 1 aliphatic carbocycles. The van der Waals surface area contributed by atoms with Gasteiger partial charge in [-0.3, -0.25) is 4.79 Å². The highest BCUT2D eigenvalue weighted by Crippen LogP contribution is 2.31. The van der Waals surface area contributed by atoms with Crippen LogP contribution in [0.15, 0.2) is 0 Å². The number of esters is 1. The lowest BCUT2D eigenvalue weighted by Crippen LogP contribution is -2.49. The maximum absolute atomic E-state index is 11.7. The second-order valence-corrected chi connectivity index (χ2v) is 6.28. The normalized spacial score (nSPS) is 18.2. The summed E-state index contributed by atoms with van der Waals surface area (Å²) in [5.41, 5.74) is 4.12. The Kier molecular flexibility index (Phi) is 5.80. The summed E-state index contributed by atoms with van der Waals surface area (Å²) in [5, 5.41) is 2.70. The van der Waals surface area contributed by atoms with Crippen LogP contribution < -0.4 is 11.1 Å². The molecular weight excluding hydrogens is 260 g/mol. The number of alkyl carbamates (subject to hydrolysis) is 1. The van der Waals surface area contributed by atoms with E-state index in [1.54, 1.807) is 20.8 Å². The van der Waals surface area contributed by atoms with Crippen LogP contribution in [0.1, 0.15) is 52.9 Å².